The monoisotopic (exact) mass is 619 g/mol. The van der Waals surface area contributed by atoms with Gasteiger partial charge in [0.25, 0.3) is 0 Å². The Balaban J connectivity index is 1.11. The molecule has 7 rings (SSSR count). The first kappa shape index (κ1) is 29.4. The standard InChI is InChI=1S/C36H33N3O7/c1-21-14-31(44-32(40)15-22-18-37-28-11-5-2-8-25(22)28)35(45-33(41)16-23-19-38-29-12-6-3-9-26(23)29)36(43-21)46-34(42)17-24-20-39-30-13-7-4-10-27(24)30/h2-13,18-21,31,35-39H,14-17H2,1H3/t21-,31+,35+,36?/m0/s1. The first-order valence-electron chi connectivity index (χ1n) is 15.3. The van der Waals surface area contributed by atoms with E-state index in [1.54, 1.807) is 25.5 Å². The molecule has 0 bridgehead atoms. The summed E-state index contributed by atoms with van der Waals surface area (Å²) >= 11 is 0. The minimum atomic E-state index is -1.28. The van der Waals surface area contributed by atoms with Crippen molar-refractivity contribution < 1.29 is 33.3 Å². The second-order valence-electron chi connectivity index (χ2n) is 11.6. The third-order valence-corrected chi connectivity index (χ3v) is 8.39. The Bertz CT molecular complexity index is 1940. The SMILES string of the molecule is C[C@H]1C[C@@H](OC(=O)Cc2c[nH]c3ccccc23)[C@@H](OC(=O)Cc2c[nH]c3ccccc23)C(OC(=O)Cc2c[nH]c3ccccc23)O1. The van der Waals surface area contributed by atoms with Crippen LogP contribution in [0.15, 0.2) is 91.4 Å². The van der Waals surface area contributed by atoms with Crippen molar-refractivity contribution in [1.82, 2.24) is 15.0 Å². The number of aromatic amines is 3. The van der Waals surface area contributed by atoms with Gasteiger partial charge in [-0.2, -0.15) is 0 Å². The van der Waals surface area contributed by atoms with Crippen LogP contribution in [0.25, 0.3) is 32.7 Å². The lowest BCUT2D eigenvalue weighted by atomic mass is 10.0. The highest BCUT2D eigenvalue weighted by molar-refractivity contribution is 5.89. The van der Waals surface area contributed by atoms with Crippen LogP contribution in [0.5, 0.6) is 0 Å². The summed E-state index contributed by atoms with van der Waals surface area (Å²) in [5.41, 5.74) is 5.02. The first-order chi connectivity index (χ1) is 22.4. The largest absolute Gasteiger partial charge is 0.458 e. The molecule has 0 spiro atoms. The smallest absolute Gasteiger partial charge is 0.312 e. The zero-order chi connectivity index (χ0) is 31.6. The van der Waals surface area contributed by atoms with E-state index in [1.807, 2.05) is 72.8 Å². The molecule has 0 saturated carbocycles. The summed E-state index contributed by atoms with van der Waals surface area (Å²) in [7, 11) is 0. The molecule has 1 aliphatic rings. The Morgan fingerprint density at radius 1 is 0.630 bits per heavy atom. The Hall–Kier alpha value is -5.35. The molecule has 0 amide bonds. The number of para-hydroxylation sites is 3. The molecule has 46 heavy (non-hydrogen) atoms. The fourth-order valence-corrected chi connectivity index (χ4v) is 6.22. The van der Waals surface area contributed by atoms with Crippen molar-refractivity contribution in [2.45, 2.75) is 57.2 Å². The maximum Gasteiger partial charge on any atom is 0.312 e. The van der Waals surface area contributed by atoms with Gasteiger partial charge in [0, 0.05) is 57.7 Å². The van der Waals surface area contributed by atoms with Crippen molar-refractivity contribution >= 4 is 50.6 Å². The summed E-state index contributed by atoms with van der Waals surface area (Å²) in [4.78, 5) is 49.4. The van der Waals surface area contributed by atoms with Crippen LogP contribution in [-0.2, 0) is 52.6 Å². The summed E-state index contributed by atoms with van der Waals surface area (Å²) in [6.45, 7) is 1.80. The zero-order valence-electron chi connectivity index (χ0n) is 25.2. The van der Waals surface area contributed by atoms with Gasteiger partial charge in [-0.15, -0.1) is 0 Å². The maximum atomic E-state index is 13.4. The summed E-state index contributed by atoms with van der Waals surface area (Å²) in [5, 5.41) is 2.73. The van der Waals surface area contributed by atoms with Gasteiger partial charge in [0.2, 0.25) is 12.4 Å². The molecule has 3 N–H and O–H groups in total. The number of fused-ring (bicyclic) bond motifs is 3. The van der Waals surface area contributed by atoms with Crippen molar-refractivity contribution in [2.75, 3.05) is 0 Å². The molecule has 0 radical (unpaired) electrons. The number of carbonyl (C=O) groups excluding carboxylic acids is 3. The van der Waals surface area contributed by atoms with Gasteiger partial charge in [0.15, 0.2) is 0 Å². The molecular formula is C36H33N3O7. The van der Waals surface area contributed by atoms with Crippen LogP contribution in [0, 0.1) is 0 Å². The van der Waals surface area contributed by atoms with Gasteiger partial charge >= 0.3 is 17.9 Å². The number of rotatable bonds is 9. The van der Waals surface area contributed by atoms with Crippen LogP contribution < -0.4 is 0 Å². The van der Waals surface area contributed by atoms with E-state index in [0.29, 0.717) is 0 Å². The van der Waals surface area contributed by atoms with Crippen LogP contribution >= 0.6 is 0 Å². The van der Waals surface area contributed by atoms with Gasteiger partial charge in [-0.3, -0.25) is 14.4 Å². The molecule has 1 aliphatic heterocycles. The van der Waals surface area contributed by atoms with Gasteiger partial charge in [0.05, 0.1) is 25.4 Å². The fraction of sp³-hybridized carbons (Fsp3) is 0.250. The molecule has 1 unspecified atom stereocenters. The van der Waals surface area contributed by atoms with E-state index in [0.717, 1.165) is 49.4 Å². The molecule has 6 aromatic rings. The van der Waals surface area contributed by atoms with Crippen molar-refractivity contribution in [3.05, 3.63) is 108 Å². The third-order valence-electron chi connectivity index (χ3n) is 8.39. The number of H-pyrrole nitrogens is 3. The lowest BCUT2D eigenvalue weighted by Crippen LogP contribution is -2.53. The molecule has 10 heteroatoms. The van der Waals surface area contributed by atoms with Gasteiger partial charge in [-0.05, 0) is 41.8 Å². The molecule has 0 aliphatic carbocycles. The van der Waals surface area contributed by atoms with Gasteiger partial charge in [-0.1, -0.05) is 54.6 Å². The topological polar surface area (TPSA) is 136 Å². The third kappa shape index (κ3) is 6.12. The second kappa shape index (κ2) is 12.6. The van der Waals surface area contributed by atoms with E-state index in [9.17, 15) is 14.4 Å². The molecule has 4 heterocycles. The Labute approximate surface area is 264 Å². The molecule has 3 aromatic heterocycles. The predicted octanol–water partition coefficient (Wildman–Crippen LogP) is 5.66. The maximum absolute atomic E-state index is 13.4. The summed E-state index contributed by atoms with van der Waals surface area (Å²) in [6, 6.07) is 23.0. The van der Waals surface area contributed by atoms with E-state index in [1.165, 1.54) is 0 Å². The van der Waals surface area contributed by atoms with Crippen molar-refractivity contribution in [3.8, 4) is 0 Å². The Kier molecular flexibility index (Phi) is 8.02. The van der Waals surface area contributed by atoms with Crippen LogP contribution in [0.2, 0.25) is 0 Å². The van der Waals surface area contributed by atoms with E-state index >= 15 is 0 Å². The van der Waals surface area contributed by atoms with Crippen molar-refractivity contribution in [3.63, 3.8) is 0 Å². The highest BCUT2D eigenvalue weighted by atomic mass is 16.7. The van der Waals surface area contributed by atoms with Crippen LogP contribution in [0.1, 0.15) is 30.0 Å². The van der Waals surface area contributed by atoms with Gasteiger partial charge < -0.3 is 33.9 Å². The molecular weight excluding hydrogens is 586 g/mol. The summed E-state index contributed by atoms with van der Waals surface area (Å²) in [6.07, 6.45) is 1.71. The minimum absolute atomic E-state index is 0.0107. The Morgan fingerprint density at radius 3 is 1.52 bits per heavy atom. The fourth-order valence-electron chi connectivity index (χ4n) is 6.22. The average Bonchev–Trinajstić information content (AvgIpc) is 3.76. The van der Waals surface area contributed by atoms with Crippen LogP contribution in [0.3, 0.4) is 0 Å². The van der Waals surface area contributed by atoms with E-state index in [2.05, 4.69) is 15.0 Å². The quantitative estimate of drug-likeness (QED) is 0.140. The lowest BCUT2D eigenvalue weighted by Gasteiger charge is -2.39. The normalized spacial score (nSPS) is 19.8. The number of esters is 3. The van der Waals surface area contributed by atoms with E-state index < -0.39 is 42.5 Å². The lowest BCUT2D eigenvalue weighted by molar-refractivity contribution is -0.265. The highest BCUT2D eigenvalue weighted by Gasteiger charge is 2.45. The van der Waals surface area contributed by atoms with E-state index in [4.69, 9.17) is 18.9 Å². The van der Waals surface area contributed by atoms with Crippen molar-refractivity contribution in [1.29, 1.82) is 0 Å². The molecule has 4 atom stereocenters. The number of hydrogen-bond acceptors (Lipinski definition) is 7. The minimum Gasteiger partial charge on any atom is -0.458 e. The number of aromatic nitrogens is 3. The van der Waals surface area contributed by atoms with Gasteiger partial charge in [-0.25, -0.2) is 0 Å². The second-order valence-corrected chi connectivity index (χ2v) is 11.6. The molecule has 1 saturated heterocycles. The zero-order valence-corrected chi connectivity index (χ0v) is 25.2. The number of nitrogens with one attached hydrogen (secondary N) is 3. The number of ether oxygens (including phenoxy) is 4. The molecule has 234 valence electrons. The average molecular weight is 620 g/mol. The molecule has 3 aromatic carbocycles. The van der Waals surface area contributed by atoms with Crippen LogP contribution in [0.4, 0.5) is 0 Å². The van der Waals surface area contributed by atoms with Crippen molar-refractivity contribution in [2.24, 2.45) is 0 Å². The number of hydrogen-bond donors (Lipinski definition) is 3. The van der Waals surface area contributed by atoms with E-state index in [-0.39, 0.29) is 25.7 Å². The molecule has 1 fully saturated rings. The molecule has 10 nitrogen and oxygen atoms in total. The predicted molar refractivity (Wildman–Crippen MR) is 171 cm³/mol. The Morgan fingerprint density at radius 2 is 1.04 bits per heavy atom. The number of benzene rings is 3. The highest BCUT2D eigenvalue weighted by Crippen LogP contribution is 2.29. The summed E-state index contributed by atoms with van der Waals surface area (Å²) in [5.74, 6) is -1.63. The van der Waals surface area contributed by atoms with Gasteiger partial charge in [0.1, 0.15) is 6.10 Å². The first-order valence-corrected chi connectivity index (χ1v) is 15.3. The number of carbonyl (C=O) groups is 3. The summed E-state index contributed by atoms with van der Waals surface area (Å²) < 4.78 is 23.8. The van der Waals surface area contributed by atoms with Crippen LogP contribution in [-0.4, -0.2) is 57.5 Å².